The third-order valence-corrected chi connectivity index (χ3v) is 2.35. The van der Waals surface area contributed by atoms with Crippen LogP contribution in [0.25, 0.3) is 11.2 Å². The third-order valence-electron chi connectivity index (χ3n) is 2.35. The molecule has 2 aromatic rings. The van der Waals surface area contributed by atoms with E-state index < -0.39 is 11.7 Å². The molecule has 11 nitrogen and oxygen atoms in total. The van der Waals surface area contributed by atoms with Crippen LogP contribution in [0.4, 0.5) is 5.95 Å². The van der Waals surface area contributed by atoms with Crippen LogP contribution in [0, 0.1) is 0 Å². The number of nitrogens with one attached hydrogen (secondary N) is 1. The van der Waals surface area contributed by atoms with Crippen LogP contribution in [0.3, 0.4) is 0 Å². The van der Waals surface area contributed by atoms with Crippen LogP contribution in [0.2, 0.25) is 0 Å². The number of anilines is 1. The molecule has 0 aliphatic heterocycles. The van der Waals surface area contributed by atoms with E-state index >= 15 is 0 Å². The summed E-state index contributed by atoms with van der Waals surface area (Å²) in [5.74, 6) is -0.0184. The Hall–Kier alpha value is -1.05. The second kappa shape index (κ2) is 9.81. The van der Waals surface area contributed by atoms with Crippen LogP contribution in [0.1, 0.15) is 0 Å². The summed E-state index contributed by atoms with van der Waals surface area (Å²) in [6.45, 7) is -0.614. The average Bonchev–Trinajstić information content (AvgIpc) is 2.74. The number of imidazole rings is 1. The van der Waals surface area contributed by atoms with Gasteiger partial charge in [-0.15, -0.1) is 0 Å². The van der Waals surface area contributed by atoms with E-state index in [1.807, 2.05) is 0 Å². The van der Waals surface area contributed by atoms with Crippen molar-refractivity contribution in [2.24, 2.45) is 0 Å². The number of aliphatic hydroxyl groups excluding tert-OH is 2. The van der Waals surface area contributed by atoms with Gasteiger partial charge in [-0.2, -0.15) is 4.98 Å². The molecule has 12 heteroatoms. The molecule has 2 heterocycles. The number of hydrogen-bond donors (Lipinski definition) is 4. The van der Waals surface area contributed by atoms with Gasteiger partial charge in [-0.05, 0) is 0 Å². The Balaban J connectivity index is 0. The molecule has 0 amide bonds. The zero-order valence-corrected chi connectivity index (χ0v) is 10.4. The molecule has 2 aromatic heterocycles. The summed E-state index contributed by atoms with van der Waals surface area (Å²) in [5, 5.41) is 17.7. The first kappa shape index (κ1) is 22.2. The number of H-pyrrole nitrogens is 1. The number of rotatable bonds is 5. The van der Waals surface area contributed by atoms with Crippen molar-refractivity contribution < 1.29 is 25.9 Å². The average molecular weight is 315 g/mol. The van der Waals surface area contributed by atoms with Crippen LogP contribution in [0.15, 0.2) is 11.1 Å². The van der Waals surface area contributed by atoms with E-state index in [1.54, 1.807) is 0 Å². The number of hydrogen-bond acceptors (Lipinski definition) is 7. The topological polar surface area (TPSA) is 202 Å². The Bertz CT molecular complexity index is 598. The maximum absolute atomic E-state index is 11.5. The van der Waals surface area contributed by atoms with Gasteiger partial charge in [0.25, 0.3) is 5.56 Å². The molecule has 2 rings (SSSR count). The normalized spacial score (nSPS) is 9.86. The minimum absolute atomic E-state index is 0. The first-order chi connectivity index (χ1) is 8.65. The monoisotopic (exact) mass is 315 g/mol. The maximum atomic E-state index is 11.5. The van der Waals surface area contributed by atoms with Gasteiger partial charge in [-0.25, -0.2) is 4.98 Å². The van der Waals surface area contributed by atoms with Gasteiger partial charge in [0.1, 0.15) is 12.8 Å². The number of ether oxygens (including phenoxy) is 1. The van der Waals surface area contributed by atoms with Gasteiger partial charge in [0.05, 0.1) is 19.5 Å². The summed E-state index contributed by atoms with van der Waals surface area (Å²) < 4.78 is 6.66. The molecule has 0 aliphatic rings. The van der Waals surface area contributed by atoms with E-state index in [4.69, 9.17) is 20.7 Å². The van der Waals surface area contributed by atoms with Crippen LogP contribution >= 0.6 is 0 Å². The van der Waals surface area contributed by atoms with E-state index in [9.17, 15) is 4.79 Å². The number of aromatic nitrogens is 4. The summed E-state index contributed by atoms with van der Waals surface area (Å²) >= 11 is 0. The fourth-order valence-electron chi connectivity index (χ4n) is 1.41. The molecule has 0 saturated heterocycles. The van der Waals surface area contributed by atoms with E-state index in [1.165, 1.54) is 10.9 Å². The van der Waals surface area contributed by atoms with Gasteiger partial charge in [0.15, 0.2) is 11.2 Å². The Morgan fingerprint density at radius 1 is 1.38 bits per heavy atom. The van der Waals surface area contributed by atoms with Crippen LogP contribution < -0.4 is 11.3 Å². The van der Waals surface area contributed by atoms with Gasteiger partial charge in [-0.1, -0.05) is 0 Å². The molecule has 116 valence electrons. The summed E-state index contributed by atoms with van der Waals surface area (Å²) in [5.41, 5.74) is 5.43. The number of fused-ring (bicyclic) bond motifs is 1. The molecule has 0 fully saturated rings. The predicted octanol–water partition coefficient (Wildman–Crippen LogP) is -4.27. The molecular weight excluding hydrogens is 297 g/mol. The second-order valence-electron chi connectivity index (χ2n) is 3.62. The molecule has 21 heavy (non-hydrogen) atoms. The number of nitrogens with two attached hydrogens (primary N) is 1. The Morgan fingerprint density at radius 3 is 2.57 bits per heavy atom. The van der Waals surface area contributed by atoms with Crippen LogP contribution in [0.5, 0.6) is 0 Å². The molecule has 0 aliphatic carbocycles. The van der Waals surface area contributed by atoms with Crippen molar-refractivity contribution in [1.82, 2.24) is 19.5 Å². The van der Waals surface area contributed by atoms with Crippen molar-refractivity contribution in [1.29, 1.82) is 0 Å². The summed E-state index contributed by atoms with van der Waals surface area (Å²) in [7, 11) is 0. The van der Waals surface area contributed by atoms with Crippen molar-refractivity contribution in [2.45, 2.75) is 12.8 Å². The summed E-state index contributed by atoms with van der Waals surface area (Å²) in [6.07, 6.45) is 0.680. The molecule has 9 N–H and O–H groups in total. The van der Waals surface area contributed by atoms with Gasteiger partial charge >= 0.3 is 29.6 Å². The fraction of sp³-hybridized carbons (Fsp3) is 0.444. The molecule has 0 unspecified atom stereocenters. The van der Waals surface area contributed by atoms with Gasteiger partial charge in [0, 0.05) is 0 Å². The molecule has 0 spiro atoms. The number of nitrogens with zero attached hydrogens (tertiary/aromatic N) is 3. The Kier molecular flexibility index (Phi) is 10.4. The number of nitrogen functional groups attached to an aromatic ring is 1. The SMILES string of the molecule is Nc1nc2c(ncn2COC(CO)CO)c(=O)[nH]1.O.O.[NaH]. The standard InChI is InChI=1S/C9H13N5O4.Na.2H2O.H/c10-9-12-7-6(8(17)13-9)11-3-14(7)4-18-5(1-15)2-16;;;;/h3,5,15-16H,1-2,4H2,(H3,10,12,13,17);;2*1H2;. The quantitative estimate of drug-likeness (QED) is 0.399. The third kappa shape index (κ3) is 5.01. The van der Waals surface area contributed by atoms with Gasteiger partial charge in [0.2, 0.25) is 5.95 Å². The van der Waals surface area contributed by atoms with Crippen molar-refractivity contribution >= 4 is 46.7 Å². The second-order valence-corrected chi connectivity index (χ2v) is 3.62. The van der Waals surface area contributed by atoms with Gasteiger partial charge in [-0.3, -0.25) is 14.3 Å². The zero-order chi connectivity index (χ0) is 13.1. The van der Waals surface area contributed by atoms with Crippen molar-refractivity contribution in [2.75, 3.05) is 18.9 Å². The summed E-state index contributed by atoms with van der Waals surface area (Å²) in [6, 6.07) is 0. The molecule has 0 radical (unpaired) electrons. The zero-order valence-electron chi connectivity index (χ0n) is 10.4. The molecule has 0 aromatic carbocycles. The van der Waals surface area contributed by atoms with E-state index in [2.05, 4.69) is 15.0 Å². The number of aromatic amines is 1. The molecular formula is C9H18N5NaO6. The van der Waals surface area contributed by atoms with Gasteiger partial charge < -0.3 is 31.6 Å². The van der Waals surface area contributed by atoms with E-state index in [-0.39, 0.29) is 77.6 Å². The minimum atomic E-state index is -0.693. The first-order valence-electron chi connectivity index (χ1n) is 5.19. The predicted molar refractivity (Wildman–Crippen MR) is 76.0 cm³/mol. The van der Waals surface area contributed by atoms with Crippen molar-refractivity contribution in [3.05, 3.63) is 16.7 Å². The molecule has 0 saturated carbocycles. The molecule has 0 bridgehead atoms. The van der Waals surface area contributed by atoms with E-state index in [0.29, 0.717) is 0 Å². The van der Waals surface area contributed by atoms with Crippen molar-refractivity contribution in [3.8, 4) is 0 Å². The Morgan fingerprint density at radius 2 is 2.00 bits per heavy atom. The Labute approximate surface area is 140 Å². The molecule has 0 atom stereocenters. The first-order valence-corrected chi connectivity index (χ1v) is 5.19. The van der Waals surface area contributed by atoms with Crippen molar-refractivity contribution in [3.63, 3.8) is 0 Å². The van der Waals surface area contributed by atoms with Crippen LogP contribution in [-0.2, 0) is 11.5 Å². The fourth-order valence-corrected chi connectivity index (χ4v) is 1.41. The number of aliphatic hydroxyl groups is 2. The summed E-state index contributed by atoms with van der Waals surface area (Å²) in [4.78, 5) is 21.6. The van der Waals surface area contributed by atoms with Crippen LogP contribution in [-0.4, -0.2) is 89.6 Å². The van der Waals surface area contributed by atoms with E-state index in [0.717, 1.165) is 0 Å².